The van der Waals surface area contributed by atoms with Crippen molar-refractivity contribution in [2.45, 2.75) is 25.7 Å². The van der Waals surface area contributed by atoms with Gasteiger partial charge in [0, 0.05) is 36.6 Å². The fourth-order valence-corrected chi connectivity index (χ4v) is 5.25. The maximum atomic E-state index is 13.9. The number of para-hydroxylation sites is 1. The Morgan fingerprint density at radius 1 is 0.872 bits per heavy atom. The fraction of sp³-hybridized carbons (Fsp3) is 0.314. The summed E-state index contributed by atoms with van der Waals surface area (Å²) in [5, 5.41) is 3.20. The zero-order chi connectivity index (χ0) is 33.0. The topological polar surface area (TPSA) is 125 Å². The van der Waals surface area contributed by atoms with Gasteiger partial charge in [-0.05, 0) is 68.8 Å². The molecule has 12 heteroatoms. The van der Waals surface area contributed by atoms with Crippen molar-refractivity contribution in [2.75, 3.05) is 57.8 Å². The summed E-state index contributed by atoms with van der Waals surface area (Å²) in [6.45, 7) is 3.98. The van der Waals surface area contributed by atoms with Crippen LogP contribution in [-0.2, 0) is 4.74 Å². The highest BCUT2D eigenvalue weighted by molar-refractivity contribution is 6.00. The van der Waals surface area contributed by atoms with Gasteiger partial charge in [0.15, 0.2) is 0 Å². The van der Waals surface area contributed by atoms with Crippen LogP contribution in [-0.4, -0.2) is 74.5 Å². The SMILES string of the molecule is COC(=O)c1ccccc1OC(=O)N(c1ccnc(Nc2cccc(OCCCN3CCCCC3)c2)n1)c1ccc(OC)cc1OC. The Morgan fingerprint density at radius 2 is 1.70 bits per heavy atom. The Bertz CT molecular complexity index is 1660. The van der Waals surface area contributed by atoms with E-state index in [9.17, 15) is 9.59 Å². The maximum absolute atomic E-state index is 13.9. The highest BCUT2D eigenvalue weighted by atomic mass is 16.6. The van der Waals surface area contributed by atoms with Crippen LogP contribution < -0.4 is 29.2 Å². The van der Waals surface area contributed by atoms with E-state index in [0.717, 1.165) is 18.7 Å². The van der Waals surface area contributed by atoms with Gasteiger partial charge in [0.1, 0.15) is 34.4 Å². The number of aromatic nitrogens is 2. The molecule has 1 amide bonds. The molecule has 47 heavy (non-hydrogen) atoms. The highest BCUT2D eigenvalue weighted by Gasteiger charge is 2.27. The second kappa shape index (κ2) is 16.3. The molecule has 0 unspecified atom stereocenters. The molecule has 2 heterocycles. The van der Waals surface area contributed by atoms with Crippen molar-refractivity contribution < 1.29 is 33.3 Å². The van der Waals surface area contributed by atoms with Gasteiger partial charge < -0.3 is 33.9 Å². The number of nitrogens with zero attached hydrogens (tertiary/aromatic N) is 4. The van der Waals surface area contributed by atoms with E-state index in [1.807, 2.05) is 24.3 Å². The van der Waals surface area contributed by atoms with E-state index in [0.29, 0.717) is 29.5 Å². The standard InChI is InChI=1S/C35H39N5O7/c1-43-26-15-16-29(31(24-26)44-2)40(35(42)47-30-14-6-5-13-28(30)33(41)45-3)32-17-18-36-34(38-32)37-25-11-9-12-27(23-25)46-22-10-21-39-19-7-4-8-20-39/h5-6,9,11-18,23-24H,4,7-8,10,19-22H2,1-3H3,(H,36,37,38). The number of esters is 1. The minimum atomic E-state index is -0.852. The molecule has 246 valence electrons. The third-order valence-corrected chi connectivity index (χ3v) is 7.60. The lowest BCUT2D eigenvalue weighted by Crippen LogP contribution is -2.31. The van der Waals surface area contributed by atoms with Gasteiger partial charge in [0.25, 0.3) is 0 Å². The normalized spacial score (nSPS) is 12.9. The van der Waals surface area contributed by atoms with Gasteiger partial charge in [-0.2, -0.15) is 4.98 Å². The van der Waals surface area contributed by atoms with Crippen LogP contribution in [0.1, 0.15) is 36.0 Å². The summed E-state index contributed by atoms with van der Waals surface area (Å²) in [5.74, 6) is 1.34. The minimum absolute atomic E-state index is 0.0157. The average Bonchev–Trinajstić information content (AvgIpc) is 3.11. The summed E-state index contributed by atoms with van der Waals surface area (Å²) in [5.41, 5.74) is 1.11. The van der Waals surface area contributed by atoms with Crippen LogP contribution in [0.3, 0.4) is 0 Å². The first-order valence-electron chi connectivity index (χ1n) is 15.5. The Balaban J connectivity index is 1.37. The van der Waals surface area contributed by atoms with Crippen LogP contribution in [0.2, 0.25) is 0 Å². The van der Waals surface area contributed by atoms with E-state index >= 15 is 0 Å². The summed E-state index contributed by atoms with van der Waals surface area (Å²) >= 11 is 0. The quantitative estimate of drug-likeness (QED) is 0.125. The number of hydrogen-bond acceptors (Lipinski definition) is 11. The molecule has 5 rings (SSSR count). The number of ether oxygens (including phenoxy) is 5. The summed E-state index contributed by atoms with van der Waals surface area (Å²) in [4.78, 5) is 39.0. The lowest BCUT2D eigenvalue weighted by molar-refractivity contribution is 0.0598. The molecule has 3 aromatic carbocycles. The number of hydrogen-bond donors (Lipinski definition) is 1. The van der Waals surface area contributed by atoms with E-state index in [2.05, 4.69) is 20.2 Å². The van der Waals surface area contributed by atoms with E-state index in [4.69, 9.17) is 23.7 Å². The maximum Gasteiger partial charge on any atom is 0.425 e. The third-order valence-electron chi connectivity index (χ3n) is 7.60. The van der Waals surface area contributed by atoms with E-state index in [1.54, 1.807) is 36.4 Å². The molecule has 0 atom stereocenters. The zero-order valence-corrected chi connectivity index (χ0v) is 26.8. The van der Waals surface area contributed by atoms with Crippen molar-refractivity contribution in [3.63, 3.8) is 0 Å². The molecule has 0 radical (unpaired) electrons. The predicted molar refractivity (Wildman–Crippen MR) is 178 cm³/mol. The van der Waals surface area contributed by atoms with Gasteiger partial charge in [0.05, 0.1) is 33.6 Å². The summed E-state index contributed by atoms with van der Waals surface area (Å²) in [7, 11) is 4.26. The fourth-order valence-electron chi connectivity index (χ4n) is 5.25. The summed E-state index contributed by atoms with van der Waals surface area (Å²) in [6.07, 6.45) is 5.48. The molecule has 12 nitrogen and oxygen atoms in total. The second-order valence-electron chi connectivity index (χ2n) is 10.7. The van der Waals surface area contributed by atoms with Crippen molar-refractivity contribution in [3.05, 3.63) is 84.6 Å². The molecule has 0 aliphatic carbocycles. The molecule has 1 fully saturated rings. The van der Waals surface area contributed by atoms with Crippen LogP contribution in [0.4, 0.5) is 27.9 Å². The van der Waals surface area contributed by atoms with Gasteiger partial charge in [0.2, 0.25) is 5.95 Å². The number of piperidine rings is 1. The zero-order valence-electron chi connectivity index (χ0n) is 26.8. The monoisotopic (exact) mass is 641 g/mol. The first kappa shape index (κ1) is 33.0. The largest absolute Gasteiger partial charge is 0.497 e. The number of benzene rings is 3. The Kier molecular flexibility index (Phi) is 11.4. The molecule has 1 N–H and O–H groups in total. The lowest BCUT2D eigenvalue weighted by Gasteiger charge is -2.26. The molecule has 1 aliphatic rings. The predicted octanol–water partition coefficient (Wildman–Crippen LogP) is 6.62. The summed E-state index contributed by atoms with van der Waals surface area (Å²) in [6, 6.07) is 20.4. The van der Waals surface area contributed by atoms with Crippen molar-refractivity contribution in [3.8, 4) is 23.0 Å². The molecular formula is C35H39N5O7. The second-order valence-corrected chi connectivity index (χ2v) is 10.7. The van der Waals surface area contributed by atoms with Gasteiger partial charge >= 0.3 is 12.1 Å². The molecule has 1 aromatic heterocycles. The first-order chi connectivity index (χ1) is 23.0. The molecule has 0 bridgehead atoms. The van der Waals surface area contributed by atoms with Crippen molar-refractivity contribution in [1.29, 1.82) is 0 Å². The number of nitrogens with one attached hydrogen (secondary N) is 1. The highest BCUT2D eigenvalue weighted by Crippen LogP contribution is 2.37. The minimum Gasteiger partial charge on any atom is -0.497 e. The van der Waals surface area contributed by atoms with Gasteiger partial charge in [-0.25, -0.2) is 19.5 Å². The molecular weight excluding hydrogens is 602 g/mol. The third kappa shape index (κ3) is 8.67. The van der Waals surface area contributed by atoms with Crippen molar-refractivity contribution in [1.82, 2.24) is 14.9 Å². The molecule has 0 saturated carbocycles. The van der Waals surface area contributed by atoms with Crippen LogP contribution in [0.25, 0.3) is 0 Å². The molecule has 1 aliphatic heterocycles. The summed E-state index contributed by atoms with van der Waals surface area (Å²) < 4.78 is 27.6. The first-order valence-corrected chi connectivity index (χ1v) is 15.5. The van der Waals surface area contributed by atoms with Gasteiger partial charge in [-0.3, -0.25) is 0 Å². The number of carbonyl (C=O) groups excluding carboxylic acids is 2. The van der Waals surface area contributed by atoms with Crippen LogP contribution in [0.15, 0.2) is 79.0 Å². The number of rotatable bonds is 13. The van der Waals surface area contributed by atoms with Crippen LogP contribution in [0, 0.1) is 0 Å². The van der Waals surface area contributed by atoms with E-state index in [-0.39, 0.29) is 23.1 Å². The van der Waals surface area contributed by atoms with Gasteiger partial charge in [-0.1, -0.05) is 24.6 Å². The Labute approximate surface area is 274 Å². The molecule has 0 spiro atoms. The number of anilines is 4. The number of methoxy groups -OCH3 is 3. The van der Waals surface area contributed by atoms with Crippen molar-refractivity contribution >= 4 is 35.2 Å². The number of carbonyl (C=O) groups is 2. The van der Waals surface area contributed by atoms with E-state index in [1.165, 1.54) is 76.9 Å². The average molecular weight is 642 g/mol. The lowest BCUT2D eigenvalue weighted by atomic mass is 10.1. The molecule has 1 saturated heterocycles. The number of likely N-dealkylation sites (tertiary alicyclic amines) is 1. The smallest absolute Gasteiger partial charge is 0.425 e. The van der Waals surface area contributed by atoms with Gasteiger partial charge in [-0.15, -0.1) is 0 Å². The Morgan fingerprint density at radius 3 is 2.49 bits per heavy atom. The number of amides is 1. The van der Waals surface area contributed by atoms with Crippen molar-refractivity contribution in [2.24, 2.45) is 0 Å². The van der Waals surface area contributed by atoms with Crippen LogP contribution >= 0.6 is 0 Å². The Hall–Kier alpha value is -5.36. The van der Waals surface area contributed by atoms with Crippen LogP contribution in [0.5, 0.6) is 23.0 Å². The molecule has 4 aromatic rings. The van der Waals surface area contributed by atoms with E-state index < -0.39 is 12.1 Å².